The first-order valence-electron chi connectivity index (χ1n) is 4.19. The van der Waals surface area contributed by atoms with Gasteiger partial charge in [-0.2, -0.15) is 0 Å². The molecule has 0 saturated heterocycles. The van der Waals surface area contributed by atoms with Crippen LogP contribution in [0, 0.1) is 5.92 Å². The van der Waals surface area contributed by atoms with E-state index < -0.39 is 25.5 Å². The summed E-state index contributed by atoms with van der Waals surface area (Å²) in [4.78, 5) is 28.6. The molecule has 0 radical (unpaired) electrons. The zero-order valence-corrected chi connectivity index (χ0v) is 8.82. The summed E-state index contributed by atoms with van der Waals surface area (Å²) in [6.45, 7) is 6.96. The fraction of sp³-hybridized carbons (Fsp3) is 0.444. The molecule has 0 aliphatic carbocycles. The van der Waals surface area contributed by atoms with E-state index in [1.54, 1.807) is 12.2 Å². The summed E-state index contributed by atoms with van der Waals surface area (Å²) in [7, 11) is -4.24. The zero-order valence-electron chi connectivity index (χ0n) is 7.93. The van der Waals surface area contributed by atoms with Gasteiger partial charge in [-0.25, -0.2) is 0 Å². The molecule has 0 aromatic rings. The Kier molecular flexibility index (Phi) is 5.62. The van der Waals surface area contributed by atoms with Crippen LogP contribution in [0.5, 0.6) is 0 Å². The standard InChI is InChI=1S/C9H15O4P/c1-3-5-8(6-4-2)9(10)7-14(11,12)13/h3-4,8H,1-2,5-7H2,(H2,11,12,13). The molecule has 0 atom stereocenters. The van der Waals surface area contributed by atoms with Gasteiger partial charge < -0.3 is 9.79 Å². The molecule has 0 aromatic carbocycles. The number of ketones is 1. The Morgan fingerprint density at radius 1 is 1.29 bits per heavy atom. The van der Waals surface area contributed by atoms with Crippen LogP contribution in [0.25, 0.3) is 0 Å². The van der Waals surface area contributed by atoms with Gasteiger partial charge in [0, 0.05) is 5.92 Å². The van der Waals surface area contributed by atoms with Crippen molar-refractivity contribution in [2.24, 2.45) is 5.92 Å². The van der Waals surface area contributed by atoms with Crippen LogP contribution in [0.15, 0.2) is 25.3 Å². The van der Waals surface area contributed by atoms with E-state index in [0.29, 0.717) is 12.8 Å². The third-order valence-corrected chi connectivity index (χ3v) is 2.44. The van der Waals surface area contributed by atoms with Crippen molar-refractivity contribution in [1.29, 1.82) is 0 Å². The van der Waals surface area contributed by atoms with Crippen LogP contribution in [-0.2, 0) is 9.36 Å². The normalized spacial score (nSPS) is 11.4. The summed E-state index contributed by atoms with van der Waals surface area (Å²) < 4.78 is 10.6. The molecule has 14 heavy (non-hydrogen) atoms. The minimum absolute atomic E-state index is 0.405. The van der Waals surface area contributed by atoms with Gasteiger partial charge in [0.1, 0.15) is 11.9 Å². The minimum atomic E-state index is -4.24. The van der Waals surface area contributed by atoms with E-state index in [4.69, 9.17) is 9.79 Å². The Labute approximate surface area is 83.5 Å². The molecule has 0 fully saturated rings. The third-order valence-electron chi connectivity index (χ3n) is 1.72. The van der Waals surface area contributed by atoms with Gasteiger partial charge >= 0.3 is 7.60 Å². The molecule has 80 valence electrons. The van der Waals surface area contributed by atoms with E-state index in [1.807, 2.05) is 0 Å². The summed E-state index contributed by atoms with van der Waals surface area (Å²) in [5.74, 6) is -0.837. The fourth-order valence-electron chi connectivity index (χ4n) is 1.09. The summed E-state index contributed by atoms with van der Waals surface area (Å²) in [6, 6.07) is 0. The second-order valence-corrected chi connectivity index (χ2v) is 4.68. The largest absolute Gasteiger partial charge is 0.332 e. The molecule has 0 spiro atoms. The highest BCUT2D eigenvalue weighted by molar-refractivity contribution is 7.52. The van der Waals surface area contributed by atoms with Gasteiger partial charge in [-0.1, -0.05) is 12.2 Å². The second-order valence-electron chi connectivity index (χ2n) is 3.03. The molecule has 0 heterocycles. The van der Waals surface area contributed by atoms with Crippen molar-refractivity contribution in [3.63, 3.8) is 0 Å². The predicted molar refractivity (Wildman–Crippen MR) is 55.0 cm³/mol. The maximum absolute atomic E-state index is 11.4. The average molecular weight is 218 g/mol. The van der Waals surface area contributed by atoms with E-state index in [9.17, 15) is 9.36 Å². The Morgan fingerprint density at radius 3 is 2.00 bits per heavy atom. The van der Waals surface area contributed by atoms with Crippen LogP contribution < -0.4 is 0 Å². The van der Waals surface area contributed by atoms with Crippen molar-refractivity contribution in [1.82, 2.24) is 0 Å². The van der Waals surface area contributed by atoms with Gasteiger partial charge in [-0.15, -0.1) is 13.2 Å². The van der Waals surface area contributed by atoms with Crippen LogP contribution in [0.2, 0.25) is 0 Å². The fourth-order valence-corrected chi connectivity index (χ4v) is 1.76. The number of carbonyl (C=O) groups excluding carboxylic acids is 1. The van der Waals surface area contributed by atoms with Crippen LogP contribution in [-0.4, -0.2) is 21.7 Å². The average Bonchev–Trinajstić information content (AvgIpc) is 2.01. The second kappa shape index (κ2) is 5.91. The number of rotatable bonds is 7. The van der Waals surface area contributed by atoms with Crippen molar-refractivity contribution in [3.05, 3.63) is 25.3 Å². The molecule has 0 rings (SSSR count). The summed E-state index contributed by atoms with van der Waals surface area (Å²) in [6.07, 6.45) is 3.27. The molecule has 0 aromatic heterocycles. The van der Waals surface area contributed by atoms with Gasteiger partial charge in [-0.05, 0) is 12.8 Å². The summed E-state index contributed by atoms with van der Waals surface area (Å²) in [5, 5.41) is 0. The van der Waals surface area contributed by atoms with Crippen molar-refractivity contribution < 1.29 is 19.1 Å². The van der Waals surface area contributed by atoms with E-state index in [2.05, 4.69) is 13.2 Å². The first-order chi connectivity index (χ1) is 6.40. The molecule has 5 heteroatoms. The molecule has 2 N–H and O–H groups in total. The lowest BCUT2D eigenvalue weighted by Gasteiger charge is -2.11. The lowest BCUT2D eigenvalue weighted by atomic mass is 9.97. The Hall–Kier alpha value is -0.700. The smallest absolute Gasteiger partial charge is 0.324 e. The van der Waals surface area contributed by atoms with Gasteiger partial charge in [0.15, 0.2) is 0 Å². The highest BCUT2D eigenvalue weighted by Gasteiger charge is 2.24. The van der Waals surface area contributed by atoms with E-state index in [0.717, 1.165) is 0 Å². The molecular weight excluding hydrogens is 203 g/mol. The van der Waals surface area contributed by atoms with E-state index >= 15 is 0 Å². The van der Waals surface area contributed by atoms with E-state index in [1.165, 1.54) is 0 Å². The molecule has 4 nitrogen and oxygen atoms in total. The molecule has 0 amide bonds. The molecule has 0 saturated carbocycles. The zero-order chi connectivity index (χ0) is 11.2. The third kappa shape index (κ3) is 5.86. The van der Waals surface area contributed by atoms with Crippen LogP contribution in [0.1, 0.15) is 12.8 Å². The van der Waals surface area contributed by atoms with Crippen LogP contribution in [0.4, 0.5) is 0 Å². The molecule has 0 bridgehead atoms. The van der Waals surface area contributed by atoms with Crippen molar-refractivity contribution in [2.45, 2.75) is 12.8 Å². The van der Waals surface area contributed by atoms with Gasteiger partial charge in [-0.3, -0.25) is 9.36 Å². The topological polar surface area (TPSA) is 74.6 Å². The highest BCUT2D eigenvalue weighted by atomic mass is 31.2. The first-order valence-corrected chi connectivity index (χ1v) is 5.99. The number of hydrogen-bond acceptors (Lipinski definition) is 2. The predicted octanol–water partition coefficient (Wildman–Crippen LogP) is 1.50. The summed E-state index contributed by atoms with van der Waals surface area (Å²) >= 11 is 0. The number of Topliss-reactive ketones (excluding diaryl/α,β-unsaturated/α-hetero) is 1. The Balaban J connectivity index is 4.35. The minimum Gasteiger partial charge on any atom is -0.324 e. The lowest BCUT2D eigenvalue weighted by Crippen LogP contribution is -2.17. The first kappa shape index (κ1) is 13.3. The maximum atomic E-state index is 11.4. The quantitative estimate of drug-likeness (QED) is 0.501. The highest BCUT2D eigenvalue weighted by Crippen LogP contribution is 2.35. The molecule has 0 aliphatic heterocycles. The van der Waals surface area contributed by atoms with Crippen LogP contribution >= 0.6 is 7.60 Å². The number of allylic oxidation sites excluding steroid dienone is 2. The lowest BCUT2D eigenvalue weighted by molar-refractivity contribution is -0.120. The molecule has 0 unspecified atom stereocenters. The Morgan fingerprint density at radius 2 is 1.71 bits per heavy atom. The molecule has 0 aliphatic rings. The number of hydrogen-bond donors (Lipinski definition) is 2. The SMILES string of the molecule is C=CCC(CC=C)C(=O)CP(=O)(O)O. The number of carbonyl (C=O) groups is 1. The monoisotopic (exact) mass is 218 g/mol. The Bertz CT molecular complexity index is 256. The van der Waals surface area contributed by atoms with Crippen molar-refractivity contribution in [3.8, 4) is 0 Å². The van der Waals surface area contributed by atoms with Crippen LogP contribution in [0.3, 0.4) is 0 Å². The van der Waals surface area contributed by atoms with E-state index in [-0.39, 0.29) is 0 Å². The van der Waals surface area contributed by atoms with Crippen molar-refractivity contribution in [2.75, 3.05) is 6.16 Å². The summed E-state index contributed by atoms with van der Waals surface area (Å²) in [5.41, 5.74) is 0. The van der Waals surface area contributed by atoms with Gasteiger partial charge in [0.05, 0.1) is 0 Å². The van der Waals surface area contributed by atoms with Crippen molar-refractivity contribution >= 4 is 13.4 Å². The maximum Gasteiger partial charge on any atom is 0.332 e. The van der Waals surface area contributed by atoms with Gasteiger partial charge in [0.25, 0.3) is 0 Å². The molecular formula is C9H15O4P. The van der Waals surface area contributed by atoms with Gasteiger partial charge in [0.2, 0.25) is 0 Å².